The second kappa shape index (κ2) is 11.9. The molecule has 1 aliphatic carbocycles. The predicted molar refractivity (Wildman–Crippen MR) is 141 cm³/mol. The van der Waals surface area contributed by atoms with Crippen LogP contribution in [0.2, 0.25) is 0 Å². The number of unbranched alkanes of at least 4 members (excludes halogenated alkanes) is 1. The molecule has 0 N–H and O–H groups in total. The standard InChI is InChI=1S/C32H34F4/c1-3-5-6-25-17-19-27(31(35)29(25)33)24-14-9-22(10-15-24)11-16-26-18-20-28(32(36)30(26)34)23-12-7-21(4-2)8-13-23/h9-11,14-21,23H,3-8,12-13H2,1-2H3/b16-11+. The van der Waals surface area contributed by atoms with Gasteiger partial charge in [0.15, 0.2) is 23.3 Å². The molecule has 190 valence electrons. The van der Waals surface area contributed by atoms with Crippen molar-refractivity contribution < 1.29 is 17.6 Å². The molecule has 4 rings (SSSR count). The largest absolute Gasteiger partial charge is 0.203 e. The van der Waals surface area contributed by atoms with Gasteiger partial charge in [0, 0.05) is 11.1 Å². The first-order valence-corrected chi connectivity index (χ1v) is 13.2. The lowest BCUT2D eigenvalue weighted by molar-refractivity contribution is 0.312. The molecule has 0 bridgehead atoms. The number of benzene rings is 3. The number of hydrogen-bond acceptors (Lipinski definition) is 0. The van der Waals surface area contributed by atoms with Crippen LogP contribution in [0.1, 0.15) is 87.0 Å². The van der Waals surface area contributed by atoms with E-state index in [0.717, 1.165) is 50.5 Å². The Kier molecular flexibility index (Phi) is 8.66. The fourth-order valence-electron chi connectivity index (χ4n) is 5.24. The highest BCUT2D eigenvalue weighted by molar-refractivity contribution is 5.72. The minimum Gasteiger partial charge on any atom is -0.203 e. The Bertz CT molecular complexity index is 1200. The van der Waals surface area contributed by atoms with Gasteiger partial charge in [0.05, 0.1) is 0 Å². The van der Waals surface area contributed by atoms with Crippen LogP contribution >= 0.6 is 0 Å². The summed E-state index contributed by atoms with van der Waals surface area (Å²) < 4.78 is 58.8. The van der Waals surface area contributed by atoms with Crippen molar-refractivity contribution in [3.8, 4) is 11.1 Å². The zero-order valence-electron chi connectivity index (χ0n) is 21.1. The summed E-state index contributed by atoms with van der Waals surface area (Å²) in [4.78, 5) is 0. The molecule has 36 heavy (non-hydrogen) atoms. The minimum atomic E-state index is -0.840. The highest BCUT2D eigenvalue weighted by atomic mass is 19.2. The molecular formula is C32H34F4. The number of aryl methyl sites for hydroxylation is 1. The van der Waals surface area contributed by atoms with Gasteiger partial charge in [-0.15, -0.1) is 0 Å². The van der Waals surface area contributed by atoms with Gasteiger partial charge in [-0.1, -0.05) is 87.4 Å². The first-order valence-electron chi connectivity index (χ1n) is 13.2. The highest BCUT2D eigenvalue weighted by Gasteiger charge is 2.25. The SMILES string of the molecule is CCCCc1ccc(-c2ccc(/C=C/c3ccc(C4CCC(CC)CC4)c(F)c3F)cc2)c(F)c1F. The van der Waals surface area contributed by atoms with E-state index >= 15 is 0 Å². The Balaban J connectivity index is 1.48. The molecule has 0 saturated heterocycles. The Labute approximate surface area is 212 Å². The normalized spacial score (nSPS) is 18.2. The molecule has 0 heterocycles. The first-order chi connectivity index (χ1) is 17.4. The van der Waals surface area contributed by atoms with E-state index in [0.29, 0.717) is 29.0 Å². The maximum Gasteiger partial charge on any atom is 0.166 e. The zero-order chi connectivity index (χ0) is 25.7. The summed E-state index contributed by atoms with van der Waals surface area (Å²) in [5.41, 5.74) is 2.59. The summed E-state index contributed by atoms with van der Waals surface area (Å²) in [6.45, 7) is 4.20. The molecule has 3 aromatic rings. The van der Waals surface area contributed by atoms with Crippen molar-refractivity contribution in [2.45, 2.75) is 71.1 Å². The van der Waals surface area contributed by atoms with Crippen molar-refractivity contribution in [1.82, 2.24) is 0 Å². The Morgan fingerprint density at radius 1 is 0.722 bits per heavy atom. The molecule has 0 unspecified atom stereocenters. The third-order valence-corrected chi connectivity index (χ3v) is 7.64. The van der Waals surface area contributed by atoms with E-state index in [-0.39, 0.29) is 17.0 Å². The third-order valence-electron chi connectivity index (χ3n) is 7.64. The average molecular weight is 495 g/mol. The maximum atomic E-state index is 14.9. The van der Waals surface area contributed by atoms with Crippen LogP contribution in [0.15, 0.2) is 48.5 Å². The van der Waals surface area contributed by atoms with Crippen molar-refractivity contribution in [2.75, 3.05) is 0 Å². The van der Waals surface area contributed by atoms with Gasteiger partial charge in [0.2, 0.25) is 0 Å². The number of hydrogen-bond donors (Lipinski definition) is 0. The maximum absolute atomic E-state index is 14.9. The van der Waals surface area contributed by atoms with Crippen LogP contribution in [0, 0.1) is 29.2 Å². The van der Waals surface area contributed by atoms with Gasteiger partial charge >= 0.3 is 0 Å². The summed E-state index contributed by atoms with van der Waals surface area (Å²) >= 11 is 0. The fourth-order valence-corrected chi connectivity index (χ4v) is 5.24. The molecule has 0 aliphatic heterocycles. The van der Waals surface area contributed by atoms with Crippen molar-refractivity contribution in [3.05, 3.63) is 94.1 Å². The van der Waals surface area contributed by atoms with Crippen LogP contribution in [-0.4, -0.2) is 0 Å². The molecule has 1 fully saturated rings. The average Bonchev–Trinajstić information content (AvgIpc) is 2.91. The highest BCUT2D eigenvalue weighted by Crippen LogP contribution is 2.38. The number of rotatable bonds is 8. The molecule has 0 radical (unpaired) electrons. The van der Waals surface area contributed by atoms with Crippen LogP contribution in [-0.2, 0) is 6.42 Å². The van der Waals surface area contributed by atoms with E-state index in [1.807, 2.05) is 6.92 Å². The van der Waals surface area contributed by atoms with E-state index in [1.54, 1.807) is 60.7 Å². The van der Waals surface area contributed by atoms with Gasteiger partial charge in [-0.3, -0.25) is 0 Å². The van der Waals surface area contributed by atoms with Gasteiger partial charge in [-0.05, 0) is 72.6 Å². The lowest BCUT2D eigenvalue weighted by Crippen LogP contribution is -2.14. The van der Waals surface area contributed by atoms with Crippen LogP contribution in [0.25, 0.3) is 23.3 Å². The van der Waals surface area contributed by atoms with Crippen molar-refractivity contribution in [3.63, 3.8) is 0 Å². The van der Waals surface area contributed by atoms with Crippen molar-refractivity contribution in [1.29, 1.82) is 0 Å². The lowest BCUT2D eigenvalue weighted by Gasteiger charge is -2.28. The number of halogens is 4. The van der Waals surface area contributed by atoms with Crippen LogP contribution in [0.5, 0.6) is 0 Å². The van der Waals surface area contributed by atoms with E-state index in [1.165, 1.54) is 0 Å². The smallest absolute Gasteiger partial charge is 0.166 e. The van der Waals surface area contributed by atoms with Crippen molar-refractivity contribution >= 4 is 12.2 Å². The predicted octanol–water partition coefficient (Wildman–Crippen LogP) is 10.1. The van der Waals surface area contributed by atoms with E-state index < -0.39 is 23.3 Å². The molecule has 0 aromatic heterocycles. The first kappa shape index (κ1) is 26.2. The molecule has 1 aliphatic rings. The second-order valence-electron chi connectivity index (χ2n) is 9.96. The van der Waals surface area contributed by atoms with Crippen molar-refractivity contribution in [2.24, 2.45) is 5.92 Å². The monoisotopic (exact) mass is 494 g/mol. The summed E-state index contributed by atoms with van der Waals surface area (Å²) in [5.74, 6) is -2.41. The Hall–Kier alpha value is -2.88. The van der Waals surface area contributed by atoms with E-state index in [4.69, 9.17) is 0 Å². The van der Waals surface area contributed by atoms with E-state index in [9.17, 15) is 17.6 Å². The van der Waals surface area contributed by atoms with Gasteiger partial charge in [0.25, 0.3) is 0 Å². The van der Waals surface area contributed by atoms with Gasteiger partial charge in [-0.25, -0.2) is 17.6 Å². The molecular weight excluding hydrogens is 460 g/mol. The summed E-state index contributed by atoms with van der Waals surface area (Å²) in [5, 5.41) is 0. The third kappa shape index (κ3) is 5.74. The van der Waals surface area contributed by atoms with Gasteiger partial charge in [0.1, 0.15) is 0 Å². The summed E-state index contributed by atoms with van der Waals surface area (Å²) in [7, 11) is 0. The minimum absolute atomic E-state index is 0.0822. The lowest BCUT2D eigenvalue weighted by atomic mass is 9.77. The van der Waals surface area contributed by atoms with Gasteiger partial charge in [-0.2, -0.15) is 0 Å². The van der Waals surface area contributed by atoms with Gasteiger partial charge < -0.3 is 0 Å². The van der Waals surface area contributed by atoms with Crippen LogP contribution in [0.3, 0.4) is 0 Å². The molecule has 0 spiro atoms. The second-order valence-corrected chi connectivity index (χ2v) is 9.96. The Morgan fingerprint density at radius 3 is 2.11 bits per heavy atom. The summed E-state index contributed by atoms with van der Waals surface area (Å²) in [6.07, 6.45) is 10.6. The zero-order valence-corrected chi connectivity index (χ0v) is 21.1. The van der Waals surface area contributed by atoms with Crippen LogP contribution in [0.4, 0.5) is 17.6 Å². The molecule has 4 heteroatoms. The topological polar surface area (TPSA) is 0 Å². The molecule has 1 saturated carbocycles. The quantitative estimate of drug-likeness (QED) is 0.216. The summed E-state index contributed by atoms with van der Waals surface area (Å²) in [6, 6.07) is 13.5. The molecule has 3 aromatic carbocycles. The molecule has 0 atom stereocenters. The van der Waals surface area contributed by atoms with E-state index in [2.05, 4.69) is 6.92 Å². The Morgan fingerprint density at radius 2 is 1.44 bits per heavy atom. The fraction of sp³-hybridized carbons (Fsp3) is 0.375. The van der Waals surface area contributed by atoms with Crippen LogP contribution < -0.4 is 0 Å². The molecule has 0 amide bonds. The molecule has 0 nitrogen and oxygen atoms in total.